The second kappa shape index (κ2) is 5.00. The summed E-state index contributed by atoms with van der Waals surface area (Å²) in [6.07, 6.45) is 0. The molecule has 2 aromatic rings. The van der Waals surface area contributed by atoms with Gasteiger partial charge in [-0.2, -0.15) is 0 Å². The normalized spacial score (nSPS) is 10.3. The summed E-state index contributed by atoms with van der Waals surface area (Å²) in [6, 6.07) is 13.4. The average Bonchev–Trinajstić information content (AvgIpc) is 2.31. The molecule has 0 aromatic heterocycles. The van der Waals surface area contributed by atoms with E-state index in [1.807, 2.05) is 24.3 Å². The van der Waals surface area contributed by atoms with Gasteiger partial charge in [0.2, 0.25) is 0 Å². The second-order valence-corrected chi connectivity index (χ2v) is 4.31. The fourth-order valence-corrected chi connectivity index (χ4v) is 1.78. The molecule has 0 aliphatic rings. The van der Waals surface area contributed by atoms with Gasteiger partial charge in [-0.3, -0.25) is 0 Å². The van der Waals surface area contributed by atoms with E-state index in [4.69, 9.17) is 0 Å². The van der Waals surface area contributed by atoms with Gasteiger partial charge in [0, 0.05) is 12.2 Å². The summed E-state index contributed by atoms with van der Waals surface area (Å²) in [5, 5.41) is 3.33. The van der Waals surface area contributed by atoms with E-state index >= 15 is 0 Å². The number of halogens is 1. The summed E-state index contributed by atoms with van der Waals surface area (Å²) in [5.74, 6) is -0.149. The minimum atomic E-state index is -0.149. The van der Waals surface area contributed by atoms with Crippen molar-refractivity contribution in [2.24, 2.45) is 0 Å². The van der Waals surface area contributed by atoms with Crippen LogP contribution in [0.2, 0.25) is 0 Å². The largest absolute Gasteiger partial charge is 0.381 e. The molecule has 1 N–H and O–H groups in total. The zero-order chi connectivity index (χ0) is 12.3. The van der Waals surface area contributed by atoms with Crippen molar-refractivity contribution in [1.29, 1.82) is 0 Å². The molecule has 0 aliphatic carbocycles. The van der Waals surface area contributed by atoms with Gasteiger partial charge in [-0.05, 0) is 48.7 Å². The molecule has 0 saturated carbocycles. The van der Waals surface area contributed by atoms with E-state index in [-0.39, 0.29) is 5.82 Å². The van der Waals surface area contributed by atoms with E-state index in [0.29, 0.717) is 12.1 Å². The van der Waals surface area contributed by atoms with Gasteiger partial charge in [-0.15, -0.1) is 0 Å². The molecule has 0 aliphatic heterocycles. The van der Waals surface area contributed by atoms with E-state index in [1.165, 1.54) is 11.6 Å². The minimum Gasteiger partial charge on any atom is -0.381 e. The maximum atomic E-state index is 13.1. The molecule has 1 nitrogen and oxygen atoms in total. The molecule has 0 fully saturated rings. The van der Waals surface area contributed by atoms with Crippen molar-refractivity contribution in [3.8, 4) is 0 Å². The van der Waals surface area contributed by atoms with Crippen molar-refractivity contribution in [3.05, 3.63) is 65.0 Å². The zero-order valence-electron chi connectivity index (χ0n) is 10.1. The molecule has 0 spiro atoms. The third-order valence-corrected chi connectivity index (χ3v) is 2.74. The fourth-order valence-electron chi connectivity index (χ4n) is 1.78. The summed E-state index contributed by atoms with van der Waals surface area (Å²) in [7, 11) is 0. The number of anilines is 1. The van der Waals surface area contributed by atoms with Crippen LogP contribution in [0.3, 0.4) is 0 Å². The number of aryl methyl sites for hydroxylation is 2. The van der Waals surface area contributed by atoms with Gasteiger partial charge < -0.3 is 5.32 Å². The van der Waals surface area contributed by atoms with E-state index in [1.54, 1.807) is 6.92 Å². The van der Waals surface area contributed by atoms with Crippen LogP contribution in [-0.2, 0) is 6.54 Å². The number of hydrogen-bond acceptors (Lipinski definition) is 1. The minimum absolute atomic E-state index is 0.149. The quantitative estimate of drug-likeness (QED) is 0.837. The van der Waals surface area contributed by atoms with Crippen molar-refractivity contribution in [2.45, 2.75) is 20.4 Å². The van der Waals surface area contributed by atoms with Crippen LogP contribution >= 0.6 is 0 Å². The predicted octanol–water partition coefficient (Wildman–Crippen LogP) is 4.05. The van der Waals surface area contributed by atoms with Crippen LogP contribution in [0.25, 0.3) is 0 Å². The van der Waals surface area contributed by atoms with Crippen molar-refractivity contribution >= 4 is 5.69 Å². The number of rotatable bonds is 3. The van der Waals surface area contributed by atoms with Crippen molar-refractivity contribution in [2.75, 3.05) is 5.32 Å². The zero-order valence-corrected chi connectivity index (χ0v) is 10.1. The Morgan fingerprint density at radius 1 is 1.06 bits per heavy atom. The molecule has 0 radical (unpaired) electrons. The molecule has 0 amide bonds. The summed E-state index contributed by atoms with van der Waals surface area (Å²) in [5.41, 5.74) is 4.09. The highest BCUT2D eigenvalue weighted by Crippen LogP contribution is 2.13. The van der Waals surface area contributed by atoms with E-state index in [9.17, 15) is 4.39 Å². The molecule has 0 atom stereocenters. The third-order valence-electron chi connectivity index (χ3n) is 2.74. The highest BCUT2D eigenvalue weighted by molar-refractivity contribution is 5.46. The van der Waals surface area contributed by atoms with Gasteiger partial charge in [-0.25, -0.2) is 4.39 Å². The lowest BCUT2D eigenvalue weighted by molar-refractivity contribution is 0.617. The van der Waals surface area contributed by atoms with Gasteiger partial charge in [-0.1, -0.05) is 24.3 Å². The van der Waals surface area contributed by atoms with Gasteiger partial charge in [0.05, 0.1) is 0 Å². The van der Waals surface area contributed by atoms with E-state index < -0.39 is 0 Å². The third kappa shape index (κ3) is 3.06. The number of nitrogens with one attached hydrogen (secondary N) is 1. The Kier molecular flexibility index (Phi) is 3.43. The molecular weight excluding hydrogens is 213 g/mol. The molecule has 88 valence electrons. The van der Waals surface area contributed by atoms with Crippen LogP contribution in [0.1, 0.15) is 16.7 Å². The van der Waals surface area contributed by atoms with Gasteiger partial charge in [0.25, 0.3) is 0 Å². The molecule has 0 heterocycles. The first kappa shape index (κ1) is 11.6. The first-order valence-electron chi connectivity index (χ1n) is 5.71. The molecule has 2 heteroatoms. The highest BCUT2D eigenvalue weighted by atomic mass is 19.1. The number of hydrogen-bond donors (Lipinski definition) is 1. The van der Waals surface area contributed by atoms with Crippen LogP contribution in [-0.4, -0.2) is 0 Å². The maximum absolute atomic E-state index is 13.1. The molecule has 0 bridgehead atoms. The van der Waals surface area contributed by atoms with Gasteiger partial charge >= 0.3 is 0 Å². The second-order valence-electron chi connectivity index (χ2n) is 4.31. The Balaban J connectivity index is 2.05. The van der Waals surface area contributed by atoms with Crippen LogP contribution in [0, 0.1) is 19.7 Å². The summed E-state index contributed by atoms with van der Waals surface area (Å²) < 4.78 is 13.1. The smallest absolute Gasteiger partial charge is 0.126 e. The Bertz CT molecular complexity index is 520. The SMILES string of the molecule is Cc1cccc(NCc2ccc(F)c(C)c2)c1. The van der Waals surface area contributed by atoms with Gasteiger partial charge in [0.1, 0.15) is 5.82 Å². The standard InChI is InChI=1S/C15H16FN/c1-11-4-3-5-14(8-11)17-10-13-6-7-15(16)12(2)9-13/h3-9,17H,10H2,1-2H3. The van der Waals surface area contributed by atoms with Crippen LogP contribution in [0.15, 0.2) is 42.5 Å². The van der Waals surface area contributed by atoms with Crippen molar-refractivity contribution in [3.63, 3.8) is 0 Å². The van der Waals surface area contributed by atoms with Crippen molar-refractivity contribution in [1.82, 2.24) is 0 Å². The summed E-state index contributed by atoms with van der Waals surface area (Å²) in [6.45, 7) is 4.56. The van der Waals surface area contributed by atoms with Crippen LogP contribution in [0.4, 0.5) is 10.1 Å². The lowest BCUT2D eigenvalue weighted by Gasteiger charge is -2.08. The Labute approximate surface area is 101 Å². The van der Waals surface area contributed by atoms with E-state index in [0.717, 1.165) is 11.3 Å². The first-order valence-corrected chi connectivity index (χ1v) is 5.71. The average molecular weight is 229 g/mol. The highest BCUT2D eigenvalue weighted by Gasteiger charge is 1.99. The Morgan fingerprint density at radius 2 is 1.88 bits per heavy atom. The molecule has 17 heavy (non-hydrogen) atoms. The maximum Gasteiger partial charge on any atom is 0.126 e. The summed E-state index contributed by atoms with van der Waals surface area (Å²) >= 11 is 0. The predicted molar refractivity (Wildman–Crippen MR) is 69.6 cm³/mol. The topological polar surface area (TPSA) is 12.0 Å². The lowest BCUT2D eigenvalue weighted by atomic mass is 10.1. The Morgan fingerprint density at radius 3 is 2.59 bits per heavy atom. The van der Waals surface area contributed by atoms with Gasteiger partial charge in [0.15, 0.2) is 0 Å². The van der Waals surface area contributed by atoms with Crippen LogP contribution < -0.4 is 5.32 Å². The first-order chi connectivity index (χ1) is 8.15. The molecule has 2 aromatic carbocycles. The molecule has 0 saturated heterocycles. The number of benzene rings is 2. The summed E-state index contributed by atoms with van der Waals surface area (Å²) in [4.78, 5) is 0. The fraction of sp³-hybridized carbons (Fsp3) is 0.200. The van der Waals surface area contributed by atoms with Crippen molar-refractivity contribution < 1.29 is 4.39 Å². The Hall–Kier alpha value is -1.83. The molecule has 0 unspecified atom stereocenters. The molecule has 2 rings (SSSR count). The van der Waals surface area contributed by atoms with Crippen LogP contribution in [0.5, 0.6) is 0 Å². The lowest BCUT2D eigenvalue weighted by Crippen LogP contribution is -2.00. The monoisotopic (exact) mass is 229 g/mol. The molecular formula is C15H16FN. The van der Waals surface area contributed by atoms with E-state index in [2.05, 4.69) is 24.4 Å².